The number of carbonyl (C=O) groups excluding carboxylic acids is 2. The van der Waals surface area contributed by atoms with E-state index in [0.717, 1.165) is 55.1 Å². The van der Waals surface area contributed by atoms with Gasteiger partial charge in [0.1, 0.15) is 15.7 Å². The third-order valence-electron chi connectivity index (χ3n) is 11.8. The first-order valence-corrected chi connectivity index (χ1v) is 21.7. The van der Waals surface area contributed by atoms with Crippen LogP contribution in [-0.2, 0) is 58.6 Å². The molecule has 56 heavy (non-hydrogen) atoms. The maximum atomic E-state index is 14.8. The summed E-state index contributed by atoms with van der Waals surface area (Å²) < 4.78 is 47.0. The number of ether oxygens (including phenoxy) is 4. The second kappa shape index (κ2) is 18.3. The van der Waals surface area contributed by atoms with Crippen molar-refractivity contribution in [2.45, 2.75) is 77.0 Å². The van der Waals surface area contributed by atoms with Crippen LogP contribution in [0.25, 0.3) is 0 Å². The molecule has 304 valence electrons. The maximum Gasteiger partial charge on any atom is 0.286 e. The van der Waals surface area contributed by atoms with Gasteiger partial charge in [0, 0.05) is 68.9 Å². The molecule has 11 nitrogen and oxygen atoms in total. The summed E-state index contributed by atoms with van der Waals surface area (Å²) in [6.07, 6.45) is 14.6. The fourth-order valence-corrected chi connectivity index (χ4v) is 10.9. The summed E-state index contributed by atoms with van der Waals surface area (Å²) in [5.41, 5.74) is 4.17. The minimum Gasteiger partial charge on any atom is -0.495 e. The van der Waals surface area contributed by atoms with Crippen molar-refractivity contribution in [2.75, 3.05) is 53.4 Å². The molecule has 4 aliphatic rings. The van der Waals surface area contributed by atoms with Crippen LogP contribution < -0.4 is 4.72 Å². The van der Waals surface area contributed by atoms with E-state index in [1.165, 1.54) is 17.2 Å². The van der Waals surface area contributed by atoms with Crippen molar-refractivity contribution < 1.29 is 32.7 Å². The molecule has 2 amide bonds. The van der Waals surface area contributed by atoms with Gasteiger partial charge in [-0.05, 0) is 98.6 Å². The number of aryl methyl sites for hydroxylation is 1. The van der Waals surface area contributed by atoms with Gasteiger partial charge < -0.3 is 28.4 Å². The summed E-state index contributed by atoms with van der Waals surface area (Å²) in [5.74, 6) is -0.215. The van der Waals surface area contributed by atoms with Gasteiger partial charge in [0.05, 0.1) is 42.9 Å². The first-order valence-electron chi connectivity index (χ1n) is 19.6. The molecule has 2 aliphatic carbocycles. The third-order valence-corrected chi connectivity index (χ3v) is 14.0. The van der Waals surface area contributed by atoms with Crippen molar-refractivity contribution in [1.29, 1.82) is 0 Å². The van der Waals surface area contributed by atoms with E-state index >= 15 is 0 Å². The molecule has 2 aromatic rings. The molecule has 2 aliphatic heterocycles. The lowest BCUT2D eigenvalue weighted by atomic mass is 9.68. The summed E-state index contributed by atoms with van der Waals surface area (Å²) in [4.78, 5) is 30.4. The Kier molecular flexibility index (Phi) is 13.7. The average Bonchev–Trinajstić information content (AvgIpc) is 3.50. The second-order valence-corrected chi connectivity index (χ2v) is 18.2. The predicted molar refractivity (Wildman–Crippen MR) is 219 cm³/mol. The Hall–Kier alpha value is -3.68. The number of allylic oxidation sites excluding steroid dienone is 3. The Morgan fingerprint density at radius 2 is 2.04 bits per heavy atom. The Labute approximate surface area is 337 Å². The smallest absolute Gasteiger partial charge is 0.286 e. The number of methoxy groups -OCH3 is 3. The second-order valence-electron chi connectivity index (χ2n) is 15.8. The van der Waals surface area contributed by atoms with E-state index < -0.39 is 21.7 Å². The fraction of sp³-hybridized carbons (Fsp3) is 0.535. The monoisotopic (exact) mass is 808 g/mol. The molecule has 6 rings (SSSR count). The van der Waals surface area contributed by atoms with Crippen molar-refractivity contribution in [3.05, 3.63) is 106 Å². The Morgan fingerprint density at radius 3 is 2.75 bits per heavy atom. The summed E-state index contributed by atoms with van der Waals surface area (Å²) in [5, 5.41) is 0.727. The van der Waals surface area contributed by atoms with Crippen LogP contribution in [0.2, 0.25) is 5.02 Å². The number of halogens is 1. The highest BCUT2D eigenvalue weighted by Crippen LogP contribution is 2.45. The minimum absolute atomic E-state index is 0.0405. The molecular formula is C43H57ClN4O7S. The van der Waals surface area contributed by atoms with Gasteiger partial charge in [-0.2, -0.15) is 0 Å². The van der Waals surface area contributed by atoms with E-state index in [4.69, 9.17) is 30.5 Å². The van der Waals surface area contributed by atoms with Gasteiger partial charge in [-0.15, -0.1) is 4.36 Å². The van der Waals surface area contributed by atoms with E-state index in [1.54, 1.807) is 39.7 Å². The number of carbonyl (C=O) groups is 2. The number of hydrogen-bond donors (Lipinski definition) is 1. The molecule has 6 atom stereocenters. The molecule has 0 saturated heterocycles. The Balaban J connectivity index is 1.41. The Morgan fingerprint density at radius 1 is 1.21 bits per heavy atom. The highest BCUT2D eigenvalue weighted by atomic mass is 35.5. The molecule has 0 radical (unpaired) electrons. The quantitative estimate of drug-likeness (QED) is 0.265. The largest absolute Gasteiger partial charge is 0.495 e. The number of rotatable bonds is 9. The van der Waals surface area contributed by atoms with E-state index in [0.29, 0.717) is 50.3 Å². The van der Waals surface area contributed by atoms with Gasteiger partial charge >= 0.3 is 0 Å². The van der Waals surface area contributed by atoms with E-state index in [1.807, 2.05) is 24.5 Å². The van der Waals surface area contributed by atoms with Gasteiger partial charge in [0.15, 0.2) is 0 Å². The molecule has 1 aromatic heterocycles. The van der Waals surface area contributed by atoms with E-state index in [2.05, 4.69) is 44.8 Å². The van der Waals surface area contributed by atoms with Crippen molar-refractivity contribution in [3.63, 3.8) is 0 Å². The molecule has 0 bridgehead atoms. The van der Waals surface area contributed by atoms with Crippen LogP contribution >= 0.6 is 11.6 Å². The number of amides is 2. The summed E-state index contributed by atoms with van der Waals surface area (Å²) >= 11 is 6.48. The van der Waals surface area contributed by atoms with Crippen molar-refractivity contribution in [1.82, 2.24) is 14.2 Å². The summed E-state index contributed by atoms with van der Waals surface area (Å²) in [6, 6.07) is 7.89. The standard InChI is InChI=1S/C43H57ClN4O7S/c1-7-31-22-39-30(3)55-28-43(17-9-11-32-20-35(44)14-16-38(32)43)27-48(39)23-33-13-15-37(33)40(54-6)12-8-10-29(2)26-56(51,45-41(31)49)46-42(50)34-21-36(25-53-5)47(24-34)18-19-52-4/h7-8,12,14,16,20-22,24,29,33,37,40H,1,9-11,13,15,17-19,23,25-28H2,2-6H3,(H,45,46,49,50,51)/b12-8+,31-22+/t29-,33-,37+,40-,43-,56?/m0/s1. The highest BCUT2D eigenvalue weighted by Gasteiger charge is 2.44. The SMILES string of the molecule is C=C/C1=C\C2=C(C)OC[C@]3(CCCc4cc(Cl)ccc43)CN2C[C@@H]2CC[C@H]2[C@@H](OC)/C=C/C[C@H](C)CS(=O)(NC(=O)c2cc(COC)n(CCOC)c2)=NC1=O. The Bertz CT molecular complexity index is 2010. The highest BCUT2D eigenvalue weighted by molar-refractivity contribution is 7.92. The van der Waals surface area contributed by atoms with Crippen LogP contribution in [0.15, 0.2) is 82.7 Å². The number of hydrogen-bond acceptors (Lipinski definition) is 8. The lowest BCUT2D eigenvalue weighted by Crippen LogP contribution is -2.48. The van der Waals surface area contributed by atoms with Crippen molar-refractivity contribution >= 4 is 33.3 Å². The molecular weight excluding hydrogens is 752 g/mol. The molecule has 1 unspecified atom stereocenters. The fourth-order valence-electron chi connectivity index (χ4n) is 8.77. The lowest BCUT2D eigenvalue weighted by Gasteiger charge is -2.46. The predicted octanol–water partition coefficient (Wildman–Crippen LogP) is 7.16. The molecule has 3 heterocycles. The number of aromatic nitrogens is 1. The number of benzene rings is 1. The van der Waals surface area contributed by atoms with Crippen molar-refractivity contribution in [3.8, 4) is 0 Å². The van der Waals surface area contributed by atoms with E-state index in [-0.39, 0.29) is 40.9 Å². The van der Waals surface area contributed by atoms with Crippen LogP contribution in [0, 0.1) is 17.8 Å². The van der Waals surface area contributed by atoms with Gasteiger partial charge in [-0.1, -0.05) is 49.4 Å². The number of fused-ring (bicyclic) bond motifs is 4. The minimum atomic E-state index is -3.63. The number of nitrogens with zero attached hydrogens (tertiary/aromatic N) is 3. The third kappa shape index (κ3) is 9.37. The molecule has 1 saturated carbocycles. The van der Waals surface area contributed by atoms with Crippen LogP contribution in [0.4, 0.5) is 0 Å². The molecule has 1 N–H and O–H groups in total. The molecule has 13 heteroatoms. The van der Waals surface area contributed by atoms with E-state index in [9.17, 15) is 13.8 Å². The summed E-state index contributed by atoms with van der Waals surface area (Å²) in [6.45, 7) is 11.0. The van der Waals surface area contributed by atoms with Crippen LogP contribution in [0.5, 0.6) is 0 Å². The van der Waals surface area contributed by atoms with Gasteiger partial charge in [-0.25, -0.2) is 4.21 Å². The van der Waals surface area contributed by atoms with Gasteiger partial charge in [0.25, 0.3) is 11.8 Å². The zero-order valence-electron chi connectivity index (χ0n) is 33.4. The summed E-state index contributed by atoms with van der Waals surface area (Å²) in [7, 11) is 1.31. The maximum absolute atomic E-state index is 14.8. The van der Waals surface area contributed by atoms with Crippen LogP contribution in [0.1, 0.15) is 73.1 Å². The molecule has 1 fully saturated rings. The van der Waals surface area contributed by atoms with Gasteiger partial charge in [0.2, 0.25) is 0 Å². The molecule has 1 aromatic carbocycles. The zero-order chi connectivity index (χ0) is 40.0. The lowest BCUT2D eigenvalue weighted by molar-refractivity contribution is -0.113. The molecule has 1 spiro atoms. The van der Waals surface area contributed by atoms with Crippen LogP contribution in [0.3, 0.4) is 0 Å². The topological polar surface area (TPSA) is 121 Å². The number of nitrogens with one attached hydrogen (secondary N) is 1. The zero-order valence-corrected chi connectivity index (χ0v) is 35.0. The van der Waals surface area contributed by atoms with Crippen LogP contribution in [-0.4, -0.2) is 85.0 Å². The average molecular weight is 809 g/mol. The normalized spacial score (nSPS) is 30.0. The van der Waals surface area contributed by atoms with Gasteiger partial charge in [-0.3, -0.25) is 14.3 Å². The first kappa shape index (κ1) is 41.9. The van der Waals surface area contributed by atoms with Crippen molar-refractivity contribution in [2.24, 2.45) is 22.1 Å². The first-order chi connectivity index (χ1) is 26.9.